The molecule has 0 aliphatic rings. The van der Waals surface area contributed by atoms with Gasteiger partial charge in [0, 0.05) is 6.42 Å². The van der Waals surface area contributed by atoms with E-state index < -0.39 is 5.54 Å². The van der Waals surface area contributed by atoms with Gasteiger partial charge in [-0.2, -0.15) is 0 Å². The third-order valence-corrected chi connectivity index (χ3v) is 2.96. The van der Waals surface area contributed by atoms with Crippen LogP contribution in [0.2, 0.25) is 0 Å². The Morgan fingerprint density at radius 2 is 1.94 bits per heavy atom. The third-order valence-electron chi connectivity index (χ3n) is 2.96. The Morgan fingerprint density at radius 3 is 2.50 bits per heavy atom. The summed E-state index contributed by atoms with van der Waals surface area (Å²) < 4.78 is 0. The number of rotatable bonds is 6. The van der Waals surface area contributed by atoms with Crippen LogP contribution in [0.5, 0.6) is 0 Å². The number of aryl methyl sites for hydroxylation is 1. The molecule has 0 aliphatic carbocycles. The number of carbonyl (C=O) groups is 1. The molecule has 0 saturated heterocycles. The van der Waals surface area contributed by atoms with Crippen molar-refractivity contribution in [3.63, 3.8) is 0 Å². The molecule has 0 heterocycles. The maximum atomic E-state index is 11.6. The standard InChI is InChI=1S/C14H21NO/c1-3-13(16)14(2,15)11-7-10-12-8-5-4-6-9-12/h4-6,8-9H,3,7,10-11,15H2,1-2H3. The maximum Gasteiger partial charge on any atom is 0.152 e. The van der Waals surface area contributed by atoms with Crippen LogP contribution in [0.3, 0.4) is 0 Å². The molecule has 1 unspecified atom stereocenters. The summed E-state index contributed by atoms with van der Waals surface area (Å²) in [6.07, 6.45) is 3.24. The van der Waals surface area contributed by atoms with Gasteiger partial charge < -0.3 is 5.73 Å². The summed E-state index contributed by atoms with van der Waals surface area (Å²) in [5, 5.41) is 0. The van der Waals surface area contributed by atoms with E-state index in [9.17, 15) is 4.79 Å². The van der Waals surface area contributed by atoms with Gasteiger partial charge in [-0.1, -0.05) is 37.3 Å². The Bertz CT molecular complexity index is 330. The van der Waals surface area contributed by atoms with Crippen LogP contribution >= 0.6 is 0 Å². The summed E-state index contributed by atoms with van der Waals surface area (Å²) in [6.45, 7) is 3.70. The first-order valence-electron chi connectivity index (χ1n) is 5.92. The number of hydrogen-bond acceptors (Lipinski definition) is 2. The van der Waals surface area contributed by atoms with Crippen LogP contribution in [-0.2, 0) is 11.2 Å². The van der Waals surface area contributed by atoms with Gasteiger partial charge in [0.1, 0.15) is 0 Å². The summed E-state index contributed by atoms with van der Waals surface area (Å²) in [7, 11) is 0. The van der Waals surface area contributed by atoms with Crippen molar-refractivity contribution < 1.29 is 4.79 Å². The van der Waals surface area contributed by atoms with Crippen LogP contribution in [0, 0.1) is 0 Å². The number of nitrogens with two attached hydrogens (primary N) is 1. The van der Waals surface area contributed by atoms with Gasteiger partial charge in [0.25, 0.3) is 0 Å². The number of benzene rings is 1. The van der Waals surface area contributed by atoms with E-state index in [0.29, 0.717) is 6.42 Å². The average molecular weight is 219 g/mol. The lowest BCUT2D eigenvalue weighted by Gasteiger charge is -2.22. The molecule has 0 fully saturated rings. The molecule has 1 atom stereocenters. The SMILES string of the molecule is CCC(=O)C(C)(N)CCCc1ccccc1. The van der Waals surface area contributed by atoms with Crippen molar-refractivity contribution in [2.24, 2.45) is 5.73 Å². The lowest BCUT2D eigenvalue weighted by molar-refractivity contribution is -0.123. The highest BCUT2D eigenvalue weighted by Crippen LogP contribution is 2.14. The zero-order valence-corrected chi connectivity index (χ0v) is 10.2. The highest BCUT2D eigenvalue weighted by Gasteiger charge is 2.25. The normalized spacial score (nSPS) is 14.4. The van der Waals surface area contributed by atoms with Crippen LogP contribution < -0.4 is 5.73 Å². The van der Waals surface area contributed by atoms with Crippen molar-refractivity contribution >= 4 is 5.78 Å². The summed E-state index contributed by atoms with van der Waals surface area (Å²) in [5.74, 6) is 0.153. The van der Waals surface area contributed by atoms with Crippen LogP contribution in [0.4, 0.5) is 0 Å². The lowest BCUT2D eigenvalue weighted by Crippen LogP contribution is -2.44. The molecule has 0 radical (unpaired) electrons. The largest absolute Gasteiger partial charge is 0.319 e. The van der Waals surface area contributed by atoms with Crippen molar-refractivity contribution in [3.8, 4) is 0 Å². The maximum absolute atomic E-state index is 11.6. The van der Waals surface area contributed by atoms with Crippen LogP contribution in [0.25, 0.3) is 0 Å². The minimum Gasteiger partial charge on any atom is -0.319 e. The predicted octanol–water partition coefficient (Wildman–Crippen LogP) is 2.71. The Labute approximate surface area is 97.9 Å². The second-order valence-electron chi connectivity index (χ2n) is 4.53. The van der Waals surface area contributed by atoms with Gasteiger partial charge in [0.15, 0.2) is 5.78 Å². The molecule has 16 heavy (non-hydrogen) atoms. The van der Waals surface area contributed by atoms with E-state index in [1.165, 1.54) is 5.56 Å². The first-order chi connectivity index (χ1) is 7.56. The zero-order valence-electron chi connectivity index (χ0n) is 10.2. The molecular weight excluding hydrogens is 198 g/mol. The number of ketones is 1. The quantitative estimate of drug-likeness (QED) is 0.799. The van der Waals surface area contributed by atoms with Crippen molar-refractivity contribution in [2.75, 3.05) is 0 Å². The van der Waals surface area contributed by atoms with Gasteiger partial charge in [-0.05, 0) is 31.7 Å². The van der Waals surface area contributed by atoms with Gasteiger partial charge in [-0.15, -0.1) is 0 Å². The van der Waals surface area contributed by atoms with Crippen LogP contribution in [-0.4, -0.2) is 11.3 Å². The second kappa shape index (κ2) is 5.80. The van der Waals surface area contributed by atoms with E-state index in [1.807, 2.05) is 32.0 Å². The number of Topliss-reactive ketones (excluding diaryl/α,β-unsaturated/α-hetero) is 1. The van der Waals surface area contributed by atoms with E-state index >= 15 is 0 Å². The topological polar surface area (TPSA) is 43.1 Å². The first-order valence-corrected chi connectivity index (χ1v) is 5.92. The summed E-state index contributed by atoms with van der Waals surface area (Å²) >= 11 is 0. The highest BCUT2D eigenvalue weighted by molar-refractivity contribution is 5.87. The molecule has 2 nitrogen and oxygen atoms in total. The molecule has 88 valence electrons. The molecule has 0 spiro atoms. The number of carbonyl (C=O) groups excluding carboxylic acids is 1. The van der Waals surface area contributed by atoms with Crippen LogP contribution in [0.15, 0.2) is 30.3 Å². The zero-order chi connectivity index (χ0) is 12.0. The van der Waals surface area contributed by atoms with Crippen molar-refractivity contribution in [3.05, 3.63) is 35.9 Å². The van der Waals surface area contributed by atoms with Gasteiger partial charge in [-0.3, -0.25) is 4.79 Å². The molecule has 1 rings (SSSR count). The second-order valence-corrected chi connectivity index (χ2v) is 4.53. The Kier molecular flexibility index (Phi) is 4.69. The molecule has 0 bridgehead atoms. The fourth-order valence-electron chi connectivity index (χ4n) is 1.85. The molecule has 0 aromatic heterocycles. The molecule has 2 N–H and O–H groups in total. The Morgan fingerprint density at radius 1 is 1.31 bits per heavy atom. The minimum absolute atomic E-state index is 0.153. The van der Waals surface area contributed by atoms with E-state index in [1.54, 1.807) is 0 Å². The molecule has 1 aromatic carbocycles. The van der Waals surface area contributed by atoms with E-state index in [-0.39, 0.29) is 5.78 Å². The smallest absolute Gasteiger partial charge is 0.152 e. The molecule has 1 aromatic rings. The molecule has 0 amide bonds. The van der Waals surface area contributed by atoms with E-state index in [4.69, 9.17) is 5.73 Å². The third kappa shape index (κ3) is 3.78. The molecule has 2 heteroatoms. The van der Waals surface area contributed by atoms with Crippen LogP contribution in [0.1, 0.15) is 38.7 Å². The Hall–Kier alpha value is -1.15. The van der Waals surface area contributed by atoms with Crippen molar-refractivity contribution in [1.29, 1.82) is 0 Å². The molecule has 0 saturated carbocycles. The summed E-state index contributed by atoms with van der Waals surface area (Å²) in [6, 6.07) is 10.3. The van der Waals surface area contributed by atoms with Gasteiger partial charge in [0.05, 0.1) is 5.54 Å². The van der Waals surface area contributed by atoms with Gasteiger partial charge in [0.2, 0.25) is 0 Å². The van der Waals surface area contributed by atoms with Gasteiger partial charge in [-0.25, -0.2) is 0 Å². The van der Waals surface area contributed by atoms with Crippen molar-refractivity contribution in [1.82, 2.24) is 0 Å². The Balaban J connectivity index is 2.38. The van der Waals surface area contributed by atoms with E-state index in [2.05, 4.69) is 12.1 Å². The minimum atomic E-state index is -0.649. The first kappa shape index (κ1) is 12.9. The lowest BCUT2D eigenvalue weighted by atomic mass is 9.89. The fourth-order valence-corrected chi connectivity index (χ4v) is 1.85. The van der Waals surface area contributed by atoms with E-state index in [0.717, 1.165) is 19.3 Å². The fraction of sp³-hybridized carbons (Fsp3) is 0.500. The molecule has 0 aliphatic heterocycles. The van der Waals surface area contributed by atoms with Gasteiger partial charge >= 0.3 is 0 Å². The van der Waals surface area contributed by atoms with Crippen molar-refractivity contribution in [2.45, 2.75) is 45.1 Å². The molecular formula is C14H21NO. The highest BCUT2D eigenvalue weighted by atomic mass is 16.1. The predicted molar refractivity (Wildman–Crippen MR) is 67.3 cm³/mol. The average Bonchev–Trinajstić information content (AvgIpc) is 2.29. The number of hydrogen-bond donors (Lipinski definition) is 1. The summed E-state index contributed by atoms with van der Waals surface area (Å²) in [4.78, 5) is 11.6. The monoisotopic (exact) mass is 219 g/mol. The summed E-state index contributed by atoms with van der Waals surface area (Å²) in [5.41, 5.74) is 6.64.